The standard InChI is InChI=1S/C23H28O6/c1-12(24)28-11-18(26)17-6-5-16-15-4-3-13-9-14(25)7-8-22(13,2)20(15)19-10-23(16,17)21(27)29-19/h7-9,15-17,19-21,27H,3-6,10-11H2,1-2H3/t15-,16+,17+,19-,20+,21-,22-,23+/m0/s1. The van der Waals surface area contributed by atoms with Crippen molar-refractivity contribution >= 4 is 17.5 Å². The highest BCUT2D eigenvalue weighted by molar-refractivity contribution is 6.01. The van der Waals surface area contributed by atoms with Crippen LogP contribution in [0.15, 0.2) is 23.8 Å². The average molecular weight is 400 g/mol. The lowest BCUT2D eigenvalue weighted by atomic mass is 9.47. The van der Waals surface area contributed by atoms with Gasteiger partial charge in [-0.15, -0.1) is 0 Å². The zero-order chi connectivity index (χ0) is 20.6. The van der Waals surface area contributed by atoms with Crippen LogP contribution in [0.5, 0.6) is 0 Å². The van der Waals surface area contributed by atoms with Gasteiger partial charge in [-0.25, -0.2) is 0 Å². The highest BCUT2D eigenvalue weighted by Gasteiger charge is 2.71. The molecule has 2 bridgehead atoms. The maximum atomic E-state index is 12.9. The fourth-order valence-corrected chi connectivity index (χ4v) is 7.60. The molecule has 1 spiro atoms. The molecule has 0 amide bonds. The molecule has 0 unspecified atom stereocenters. The molecule has 1 saturated heterocycles. The average Bonchev–Trinajstić information content (AvgIpc) is 3.19. The predicted molar refractivity (Wildman–Crippen MR) is 102 cm³/mol. The third-order valence-electron chi connectivity index (χ3n) is 8.65. The van der Waals surface area contributed by atoms with Crippen molar-refractivity contribution < 1.29 is 29.0 Å². The van der Waals surface area contributed by atoms with E-state index in [0.717, 1.165) is 19.3 Å². The number of hydrogen-bond acceptors (Lipinski definition) is 6. The minimum Gasteiger partial charge on any atom is -0.458 e. The van der Waals surface area contributed by atoms with Crippen LogP contribution < -0.4 is 0 Å². The highest BCUT2D eigenvalue weighted by Crippen LogP contribution is 2.70. The third kappa shape index (κ3) is 2.51. The molecule has 1 heterocycles. The van der Waals surface area contributed by atoms with Crippen LogP contribution in [0, 0.1) is 34.5 Å². The summed E-state index contributed by atoms with van der Waals surface area (Å²) in [5.74, 6) is -0.103. The lowest BCUT2D eigenvalue weighted by molar-refractivity contribution is -0.163. The SMILES string of the molecule is CC(=O)OCC(=O)[C@H]1CC[C@@H]2[C@@H]3CCC4=CC(=O)C=C[C@]4(C)[C@H]3[C@@H]3C[C@]12[C@@H](O)O3. The minimum absolute atomic E-state index is 0.0467. The zero-order valence-corrected chi connectivity index (χ0v) is 16.9. The van der Waals surface area contributed by atoms with Crippen LogP contribution in [0.2, 0.25) is 0 Å². The number of esters is 1. The summed E-state index contributed by atoms with van der Waals surface area (Å²) in [6, 6.07) is 0. The van der Waals surface area contributed by atoms with Crippen molar-refractivity contribution in [2.45, 2.75) is 58.3 Å². The molecule has 6 heteroatoms. The van der Waals surface area contributed by atoms with Gasteiger partial charge in [0.15, 0.2) is 17.9 Å². The van der Waals surface area contributed by atoms with E-state index in [2.05, 4.69) is 6.92 Å². The van der Waals surface area contributed by atoms with E-state index in [1.165, 1.54) is 12.5 Å². The number of rotatable bonds is 3. The molecule has 5 rings (SSSR count). The summed E-state index contributed by atoms with van der Waals surface area (Å²) in [5.41, 5.74) is 0.357. The van der Waals surface area contributed by atoms with Gasteiger partial charge in [0.25, 0.3) is 0 Å². The Labute approximate surface area is 170 Å². The van der Waals surface area contributed by atoms with Crippen molar-refractivity contribution in [3.05, 3.63) is 23.8 Å². The van der Waals surface area contributed by atoms with Crippen molar-refractivity contribution in [1.82, 2.24) is 0 Å². The predicted octanol–water partition coefficient (Wildman–Crippen LogP) is 2.35. The number of aliphatic hydroxyl groups is 1. The number of ether oxygens (including phenoxy) is 2. The monoisotopic (exact) mass is 400 g/mol. The Morgan fingerprint density at radius 3 is 2.86 bits per heavy atom. The molecular formula is C23H28O6. The summed E-state index contributed by atoms with van der Waals surface area (Å²) >= 11 is 0. The Kier molecular flexibility index (Phi) is 4.20. The largest absolute Gasteiger partial charge is 0.458 e. The summed E-state index contributed by atoms with van der Waals surface area (Å²) in [4.78, 5) is 36.0. The maximum Gasteiger partial charge on any atom is 0.303 e. The lowest BCUT2D eigenvalue weighted by Crippen LogP contribution is -2.55. The molecule has 1 aliphatic heterocycles. The summed E-state index contributed by atoms with van der Waals surface area (Å²) in [6.07, 6.45) is 8.44. The first-order chi connectivity index (χ1) is 13.8. The second kappa shape index (κ2) is 6.35. The third-order valence-corrected chi connectivity index (χ3v) is 8.65. The van der Waals surface area contributed by atoms with Crippen LogP contribution in [0.25, 0.3) is 0 Å². The van der Waals surface area contributed by atoms with Gasteiger partial charge in [-0.3, -0.25) is 14.4 Å². The van der Waals surface area contributed by atoms with Gasteiger partial charge in [0.2, 0.25) is 0 Å². The van der Waals surface area contributed by atoms with E-state index in [1.54, 1.807) is 12.2 Å². The molecule has 0 aromatic carbocycles. The van der Waals surface area contributed by atoms with Gasteiger partial charge in [0.05, 0.1) is 6.10 Å². The molecule has 0 aromatic heterocycles. The van der Waals surface area contributed by atoms with E-state index < -0.39 is 17.7 Å². The fraction of sp³-hybridized carbons (Fsp3) is 0.696. The molecule has 8 atom stereocenters. The quantitative estimate of drug-likeness (QED) is 0.732. The zero-order valence-electron chi connectivity index (χ0n) is 16.9. The smallest absolute Gasteiger partial charge is 0.303 e. The van der Waals surface area contributed by atoms with Gasteiger partial charge in [0, 0.05) is 29.6 Å². The Balaban J connectivity index is 1.49. The molecule has 0 radical (unpaired) electrons. The van der Waals surface area contributed by atoms with Gasteiger partial charge in [-0.05, 0) is 56.1 Å². The molecule has 1 N–H and O–H groups in total. The molecule has 5 aliphatic rings. The summed E-state index contributed by atoms with van der Waals surface area (Å²) < 4.78 is 11.1. The molecule has 3 saturated carbocycles. The van der Waals surface area contributed by atoms with Crippen LogP contribution in [-0.4, -0.2) is 41.6 Å². The van der Waals surface area contributed by atoms with Crippen LogP contribution in [0.4, 0.5) is 0 Å². The topological polar surface area (TPSA) is 89.9 Å². The number of hydrogen-bond donors (Lipinski definition) is 1. The molecule has 156 valence electrons. The number of Topliss-reactive ketones (excluding diaryl/α,β-unsaturated/α-hetero) is 1. The van der Waals surface area contributed by atoms with Gasteiger partial charge in [-0.1, -0.05) is 18.6 Å². The summed E-state index contributed by atoms with van der Waals surface area (Å²) in [6.45, 7) is 3.27. The number of ketones is 2. The van der Waals surface area contributed by atoms with Crippen LogP contribution in [-0.2, 0) is 23.9 Å². The first-order valence-corrected chi connectivity index (χ1v) is 10.7. The van der Waals surface area contributed by atoms with E-state index in [4.69, 9.17) is 9.47 Å². The Hall–Kier alpha value is -1.79. The van der Waals surface area contributed by atoms with E-state index in [-0.39, 0.29) is 47.4 Å². The van der Waals surface area contributed by atoms with Gasteiger partial charge in [0.1, 0.15) is 6.61 Å². The fourth-order valence-electron chi connectivity index (χ4n) is 7.60. The van der Waals surface area contributed by atoms with E-state index >= 15 is 0 Å². The van der Waals surface area contributed by atoms with Gasteiger partial charge in [-0.2, -0.15) is 0 Å². The number of aliphatic hydroxyl groups excluding tert-OH is 1. The molecule has 0 aromatic rings. The lowest BCUT2D eigenvalue weighted by Gasteiger charge is -2.56. The van der Waals surface area contributed by atoms with E-state index in [0.29, 0.717) is 18.8 Å². The Morgan fingerprint density at radius 1 is 1.31 bits per heavy atom. The molecular weight excluding hydrogens is 372 g/mol. The van der Waals surface area contributed by atoms with Crippen LogP contribution >= 0.6 is 0 Å². The van der Waals surface area contributed by atoms with E-state index in [9.17, 15) is 19.5 Å². The number of fused-ring (bicyclic) bond motifs is 6. The normalized spacial score (nSPS) is 47.1. The summed E-state index contributed by atoms with van der Waals surface area (Å²) in [5, 5.41) is 11.1. The molecule has 4 fully saturated rings. The van der Waals surface area contributed by atoms with Crippen LogP contribution in [0.3, 0.4) is 0 Å². The molecule has 29 heavy (non-hydrogen) atoms. The van der Waals surface area contributed by atoms with Crippen molar-refractivity contribution in [3.63, 3.8) is 0 Å². The minimum atomic E-state index is -0.970. The first-order valence-electron chi connectivity index (χ1n) is 10.7. The van der Waals surface area contributed by atoms with E-state index in [1.807, 2.05) is 6.08 Å². The highest BCUT2D eigenvalue weighted by atomic mass is 16.6. The number of carbonyl (C=O) groups is 3. The van der Waals surface area contributed by atoms with Crippen LogP contribution in [0.1, 0.15) is 46.0 Å². The maximum absolute atomic E-state index is 12.9. The second-order valence-corrected chi connectivity index (χ2v) is 9.74. The second-order valence-electron chi connectivity index (χ2n) is 9.74. The van der Waals surface area contributed by atoms with Gasteiger partial charge >= 0.3 is 5.97 Å². The number of allylic oxidation sites excluding steroid dienone is 4. The van der Waals surface area contributed by atoms with Crippen molar-refractivity contribution in [2.75, 3.05) is 6.61 Å². The van der Waals surface area contributed by atoms with Crippen molar-refractivity contribution in [1.29, 1.82) is 0 Å². The Morgan fingerprint density at radius 2 is 2.10 bits per heavy atom. The molecule has 4 aliphatic carbocycles. The summed E-state index contributed by atoms with van der Waals surface area (Å²) in [7, 11) is 0. The van der Waals surface area contributed by atoms with Crippen molar-refractivity contribution in [2.24, 2.45) is 34.5 Å². The Bertz CT molecular complexity index is 842. The molecule has 6 nitrogen and oxygen atoms in total. The van der Waals surface area contributed by atoms with Crippen molar-refractivity contribution in [3.8, 4) is 0 Å². The van der Waals surface area contributed by atoms with Gasteiger partial charge < -0.3 is 14.6 Å². The first kappa shape index (κ1) is 19.2. The number of carbonyl (C=O) groups excluding carboxylic acids is 3.